The van der Waals surface area contributed by atoms with Crippen LogP contribution in [0.3, 0.4) is 0 Å². The van der Waals surface area contributed by atoms with Gasteiger partial charge in [0.25, 0.3) is 0 Å². The lowest BCUT2D eigenvalue weighted by atomic mass is 10.0. The van der Waals surface area contributed by atoms with Gasteiger partial charge in [0.15, 0.2) is 0 Å². The molecule has 3 nitrogen and oxygen atoms in total. The van der Waals surface area contributed by atoms with E-state index in [1.807, 2.05) is 25.1 Å². The molecule has 0 saturated heterocycles. The van der Waals surface area contributed by atoms with E-state index in [0.717, 1.165) is 24.1 Å². The Labute approximate surface area is 126 Å². The van der Waals surface area contributed by atoms with Crippen LogP contribution in [0.15, 0.2) is 42.5 Å². The molecule has 0 bridgehead atoms. The van der Waals surface area contributed by atoms with Gasteiger partial charge in [0.2, 0.25) is 0 Å². The van der Waals surface area contributed by atoms with Crippen LogP contribution >= 0.6 is 0 Å². The largest absolute Gasteiger partial charge is 0.507 e. The number of ether oxygens (including phenoxy) is 1. The summed E-state index contributed by atoms with van der Waals surface area (Å²) in [7, 11) is 1.59. The Balaban J connectivity index is 2.20. The Morgan fingerprint density at radius 2 is 1.95 bits per heavy atom. The Morgan fingerprint density at radius 1 is 1.19 bits per heavy atom. The predicted molar refractivity (Wildman–Crippen MR) is 87.1 cm³/mol. The average molecular weight is 285 g/mol. The van der Waals surface area contributed by atoms with Crippen molar-refractivity contribution in [1.82, 2.24) is 0 Å². The van der Waals surface area contributed by atoms with Crippen LogP contribution in [0.1, 0.15) is 37.4 Å². The standard InChI is InChI=1S/C18H23NO2/c1-4-7-14-8-5-6-9-17(14)19-13(2)16-11-10-15(21-3)12-18(16)20/h5-6,8-13,19-20H,4,7H2,1-3H3. The molecule has 2 aromatic rings. The minimum Gasteiger partial charge on any atom is -0.507 e. The van der Waals surface area contributed by atoms with Crippen LogP contribution in [-0.4, -0.2) is 12.2 Å². The van der Waals surface area contributed by atoms with Crippen LogP contribution in [0.5, 0.6) is 11.5 Å². The van der Waals surface area contributed by atoms with Crippen LogP contribution in [0.4, 0.5) is 5.69 Å². The number of nitrogens with one attached hydrogen (secondary N) is 1. The molecular formula is C18H23NO2. The number of phenols is 1. The fourth-order valence-electron chi connectivity index (χ4n) is 2.48. The lowest BCUT2D eigenvalue weighted by molar-refractivity contribution is 0.406. The van der Waals surface area contributed by atoms with Crippen LogP contribution in [-0.2, 0) is 6.42 Å². The van der Waals surface area contributed by atoms with Crippen LogP contribution in [0.2, 0.25) is 0 Å². The predicted octanol–water partition coefficient (Wildman–Crippen LogP) is 4.53. The van der Waals surface area contributed by atoms with Crippen molar-refractivity contribution in [1.29, 1.82) is 0 Å². The van der Waals surface area contributed by atoms with Gasteiger partial charge in [-0.2, -0.15) is 0 Å². The molecule has 1 atom stereocenters. The van der Waals surface area contributed by atoms with Gasteiger partial charge in [0.05, 0.1) is 13.2 Å². The third-order valence-corrected chi connectivity index (χ3v) is 3.61. The van der Waals surface area contributed by atoms with Gasteiger partial charge in [-0.3, -0.25) is 0 Å². The molecule has 0 radical (unpaired) electrons. The highest BCUT2D eigenvalue weighted by atomic mass is 16.5. The first-order valence-electron chi connectivity index (χ1n) is 7.37. The second-order valence-electron chi connectivity index (χ2n) is 5.20. The van der Waals surface area contributed by atoms with Gasteiger partial charge in [-0.15, -0.1) is 0 Å². The fourth-order valence-corrected chi connectivity index (χ4v) is 2.48. The molecule has 0 aliphatic rings. The van der Waals surface area contributed by atoms with E-state index in [4.69, 9.17) is 4.74 Å². The number of rotatable bonds is 6. The number of para-hydroxylation sites is 1. The van der Waals surface area contributed by atoms with Gasteiger partial charge in [-0.05, 0) is 37.1 Å². The normalized spacial score (nSPS) is 12.0. The van der Waals surface area contributed by atoms with Gasteiger partial charge < -0.3 is 15.2 Å². The Hall–Kier alpha value is -2.16. The first-order chi connectivity index (χ1) is 10.2. The highest BCUT2D eigenvalue weighted by molar-refractivity contribution is 5.54. The molecule has 2 N–H and O–H groups in total. The van der Waals surface area contributed by atoms with Crippen LogP contribution in [0, 0.1) is 0 Å². The Morgan fingerprint density at radius 3 is 2.62 bits per heavy atom. The fraction of sp³-hybridized carbons (Fsp3) is 0.333. The smallest absolute Gasteiger partial charge is 0.124 e. The van der Waals surface area contributed by atoms with E-state index in [-0.39, 0.29) is 11.8 Å². The third-order valence-electron chi connectivity index (χ3n) is 3.61. The van der Waals surface area contributed by atoms with Gasteiger partial charge >= 0.3 is 0 Å². The first-order valence-corrected chi connectivity index (χ1v) is 7.37. The van der Waals surface area contributed by atoms with Gasteiger partial charge in [-0.25, -0.2) is 0 Å². The van der Waals surface area contributed by atoms with E-state index in [1.54, 1.807) is 13.2 Å². The highest BCUT2D eigenvalue weighted by Crippen LogP contribution is 2.31. The minimum atomic E-state index is 0.0221. The molecule has 21 heavy (non-hydrogen) atoms. The molecule has 0 aliphatic heterocycles. The number of hydrogen-bond donors (Lipinski definition) is 2. The summed E-state index contributed by atoms with van der Waals surface area (Å²) in [5, 5.41) is 13.6. The maximum Gasteiger partial charge on any atom is 0.124 e. The molecule has 3 heteroatoms. The zero-order valence-corrected chi connectivity index (χ0v) is 12.9. The summed E-state index contributed by atoms with van der Waals surface area (Å²) < 4.78 is 5.12. The summed E-state index contributed by atoms with van der Waals surface area (Å²) in [5.74, 6) is 0.914. The summed E-state index contributed by atoms with van der Waals surface area (Å²) in [6, 6.07) is 13.8. The highest BCUT2D eigenvalue weighted by Gasteiger charge is 2.12. The summed E-state index contributed by atoms with van der Waals surface area (Å²) in [6.45, 7) is 4.22. The maximum absolute atomic E-state index is 10.1. The summed E-state index contributed by atoms with van der Waals surface area (Å²) in [5.41, 5.74) is 3.30. The van der Waals surface area contributed by atoms with Crippen molar-refractivity contribution in [2.75, 3.05) is 12.4 Å². The zero-order chi connectivity index (χ0) is 15.2. The van der Waals surface area contributed by atoms with Gasteiger partial charge in [-0.1, -0.05) is 31.5 Å². The third kappa shape index (κ3) is 3.69. The Bertz CT molecular complexity index is 596. The molecule has 0 aromatic heterocycles. The first kappa shape index (κ1) is 15.2. The number of anilines is 1. The molecule has 0 aliphatic carbocycles. The number of hydrogen-bond acceptors (Lipinski definition) is 3. The summed E-state index contributed by atoms with van der Waals surface area (Å²) in [4.78, 5) is 0. The van der Waals surface area contributed by atoms with Crippen molar-refractivity contribution in [3.05, 3.63) is 53.6 Å². The van der Waals surface area contributed by atoms with E-state index >= 15 is 0 Å². The second-order valence-corrected chi connectivity index (χ2v) is 5.20. The van der Waals surface area contributed by atoms with E-state index in [1.165, 1.54) is 5.56 Å². The number of aromatic hydroxyl groups is 1. The topological polar surface area (TPSA) is 41.5 Å². The summed E-state index contributed by atoms with van der Waals surface area (Å²) in [6.07, 6.45) is 2.16. The van der Waals surface area contributed by atoms with E-state index in [0.29, 0.717) is 5.75 Å². The average Bonchev–Trinajstić information content (AvgIpc) is 2.49. The Kier molecular flexibility index (Phi) is 5.09. The summed E-state index contributed by atoms with van der Waals surface area (Å²) >= 11 is 0. The lowest BCUT2D eigenvalue weighted by Crippen LogP contribution is -2.08. The van der Waals surface area contributed by atoms with Crippen LogP contribution in [0.25, 0.3) is 0 Å². The SMILES string of the molecule is CCCc1ccccc1NC(C)c1ccc(OC)cc1O. The molecular weight excluding hydrogens is 262 g/mol. The quantitative estimate of drug-likeness (QED) is 0.819. The molecule has 0 saturated carbocycles. The van der Waals surface area contributed by atoms with Crippen molar-refractivity contribution >= 4 is 5.69 Å². The number of benzene rings is 2. The number of aryl methyl sites for hydroxylation is 1. The van der Waals surface area contributed by atoms with Crippen molar-refractivity contribution in [2.24, 2.45) is 0 Å². The van der Waals surface area contributed by atoms with Gasteiger partial charge in [0, 0.05) is 17.3 Å². The van der Waals surface area contributed by atoms with Crippen molar-refractivity contribution in [2.45, 2.75) is 32.7 Å². The van der Waals surface area contributed by atoms with E-state index < -0.39 is 0 Å². The zero-order valence-electron chi connectivity index (χ0n) is 12.9. The lowest BCUT2D eigenvalue weighted by Gasteiger charge is -2.19. The molecule has 0 amide bonds. The maximum atomic E-state index is 10.1. The van der Waals surface area contributed by atoms with Crippen LogP contribution < -0.4 is 10.1 Å². The molecule has 0 fully saturated rings. The molecule has 0 heterocycles. The number of methoxy groups -OCH3 is 1. The molecule has 112 valence electrons. The second kappa shape index (κ2) is 7.02. The molecule has 0 spiro atoms. The van der Waals surface area contributed by atoms with Crippen molar-refractivity contribution < 1.29 is 9.84 Å². The monoisotopic (exact) mass is 285 g/mol. The van der Waals surface area contributed by atoms with E-state index in [9.17, 15) is 5.11 Å². The van der Waals surface area contributed by atoms with Gasteiger partial charge in [0.1, 0.15) is 11.5 Å². The molecule has 2 aromatic carbocycles. The molecule has 2 rings (SSSR count). The molecule has 1 unspecified atom stereocenters. The minimum absolute atomic E-state index is 0.0221. The van der Waals surface area contributed by atoms with Crippen molar-refractivity contribution in [3.63, 3.8) is 0 Å². The number of phenolic OH excluding ortho intramolecular Hbond substituents is 1. The van der Waals surface area contributed by atoms with E-state index in [2.05, 4.69) is 30.4 Å². The van der Waals surface area contributed by atoms with Crippen molar-refractivity contribution in [3.8, 4) is 11.5 Å².